The molecule has 1 aromatic heterocycles. The third-order valence-electron chi connectivity index (χ3n) is 4.90. The van der Waals surface area contributed by atoms with Gasteiger partial charge in [-0.2, -0.15) is 13.2 Å². The summed E-state index contributed by atoms with van der Waals surface area (Å²) in [6.45, 7) is 0. The van der Waals surface area contributed by atoms with E-state index in [0.29, 0.717) is 0 Å². The Morgan fingerprint density at radius 3 is 2.26 bits per heavy atom. The third-order valence-corrected chi connectivity index (χ3v) is 6.95. The van der Waals surface area contributed by atoms with Gasteiger partial charge in [-0.05, 0) is 42.0 Å². The highest BCUT2D eigenvalue weighted by Crippen LogP contribution is 2.47. The van der Waals surface area contributed by atoms with Crippen LogP contribution in [0, 0.1) is 5.82 Å². The van der Waals surface area contributed by atoms with E-state index in [2.05, 4.69) is 4.98 Å². The monoisotopic (exact) mass is 452 g/mol. The highest BCUT2D eigenvalue weighted by atomic mass is 32.2. The van der Waals surface area contributed by atoms with E-state index >= 15 is 0 Å². The number of pyridine rings is 1. The van der Waals surface area contributed by atoms with Crippen LogP contribution >= 0.6 is 0 Å². The summed E-state index contributed by atoms with van der Waals surface area (Å²) in [6, 6.07) is 15.0. The summed E-state index contributed by atoms with van der Waals surface area (Å²) in [5, 5.41) is -1.75. The van der Waals surface area contributed by atoms with Crippen molar-refractivity contribution < 1.29 is 30.8 Å². The van der Waals surface area contributed by atoms with Crippen LogP contribution in [-0.4, -0.2) is 30.9 Å². The van der Waals surface area contributed by atoms with Gasteiger partial charge in [0.15, 0.2) is 5.03 Å². The molecule has 3 atom stereocenters. The fourth-order valence-corrected chi connectivity index (χ4v) is 5.48. The molecule has 3 aromatic rings. The number of hydroxylamine groups is 1. The number of hydrogen-bond donors (Lipinski definition) is 0. The Morgan fingerprint density at radius 2 is 1.65 bits per heavy atom. The molecule has 5 nitrogen and oxygen atoms in total. The molecule has 1 aliphatic rings. The number of sulfone groups is 1. The molecule has 10 heteroatoms. The molecule has 0 unspecified atom stereocenters. The van der Waals surface area contributed by atoms with Crippen LogP contribution in [0.2, 0.25) is 0 Å². The Kier molecular flexibility index (Phi) is 5.44. The summed E-state index contributed by atoms with van der Waals surface area (Å²) in [4.78, 5) is 8.97. The molecule has 1 aliphatic heterocycles. The van der Waals surface area contributed by atoms with Crippen LogP contribution in [0.3, 0.4) is 0 Å². The lowest BCUT2D eigenvalue weighted by atomic mass is 10.00. The second-order valence-corrected chi connectivity index (χ2v) is 8.96. The number of aromatic nitrogens is 1. The van der Waals surface area contributed by atoms with Crippen LogP contribution in [0.4, 0.5) is 23.2 Å². The highest BCUT2D eigenvalue weighted by Gasteiger charge is 2.62. The lowest BCUT2D eigenvalue weighted by molar-refractivity contribution is -0.208. The number of halogens is 4. The molecule has 2 aromatic carbocycles. The fraction of sp³-hybridized carbons (Fsp3) is 0.190. The second-order valence-electron chi connectivity index (χ2n) is 6.91. The zero-order valence-electron chi connectivity index (χ0n) is 15.8. The molecule has 1 fully saturated rings. The van der Waals surface area contributed by atoms with Crippen molar-refractivity contribution in [2.45, 2.75) is 28.6 Å². The maximum Gasteiger partial charge on any atom is 0.418 e. The van der Waals surface area contributed by atoms with E-state index in [-0.39, 0.29) is 11.3 Å². The Morgan fingerprint density at radius 1 is 0.935 bits per heavy atom. The maximum absolute atomic E-state index is 14.0. The van der Waals surface area contributed by atoms with Crippen LogP contribution < -0.4 is 5.06 Å². The summed E-state index contributed by atoms with van der Waals surface area (Å²) in [6.07, 6.45) is -6.52. The number of alkyl halides is 3. The normalized spacial score (nSPS) is 21.9. The molecule has 0 saturated carbocycles. The zero-order chi connectivity index (χ0) is 22.2. The van der Waals surface area contributed by atoms with Gasteiger partial charge in [0.05, 0.1) is 5.69 Å². The standard InChI is InChI=1S/C21H16F4N2O3S/c22-15-8-6-7-14(13-15)18-19(31(28,29)17-11-4-5-12-26-17)20(21(23,24)25)30-27(18)16-9-2-1-3-10-16/h1-13,18-20H/t18-,19-,20-/m1/s1. The van der Waals surface area contributed by atoms with Crippen LogP contribution in [0.5, 0.6) is 0 Å². The van der Waals surface area contributed by atoms with Crippen molar-refractivity contribution in [3.05, 3.63) is 90.4 Å². The lowest BCUT2D eigenvalue weighted by Gasteiger charge is -2.27. The SMILES string of the molecule is O=S(=O)(c1ccccn1)[C@@H]1[C@@H](c2cccc(F)c2)N(c2ccccc2)O[C@H]1C(F)(F)F. The number of rotatable bonds is 4. The summed E-state index contributed by atoms with van der Waals surface area (Å²) in [5.74, 6) is -0.713. The first-order valence-corrected chi connectivity index (χ1v) is 10.7. The van der Waals surface area contributed by atoms with Gasteiger partial charge in [-0.15, -0.1) is 0 Å². The lowest BCUT2D eigenvalue weighted by Crippen LogP contribution is -2.43. The average molecular weight is 452 g/mol. The number of para-hydroxylation sites is 1. The quantitative estimate of drug-likeness (QED) is 0.546. The summed E-state index contributed by atoms with van der Waals surface area (Å²) < 4.78 is 82.7. The smallest absolute Gasteiger partial charge is 0.258 e. The minimum absolute atomic E-state index is 0.0279. The minimum atomic E-state index is -5.01. The van der Waals surface area contributed by atoms with E-state index in [1.54, 1.807) is 18.2 Å². The second kappa shape index (κ2) is 7.93. The van der Waals surface area contributed by atoms with Gasteiger partial charge >= 0.3 is 6.18 Å². The molecular weight excluding hydrogens is 436 g/mol. The van der Waals surface area contributed by atoms with Gasteiger partial charge in [-0.1, -0.05) is 36.4 Å². The van der Waals surface area contributed by atoms with Crippen LogP contribution in [0.25, 0.3) is 0 Å². The number of hydrogen-bond acceptors (Lipinski definition) is 5. The Labute approximate surface area is 175 Å². The van der Waals surface area contributed by atoms with Gasteiger partial charge in [-0.3, -0.25) is 4.84 Å². The van der Waals surface area contributed by atoms with Crippen LogP contribution in [-0.2, 0) is 14.7 Å². The number of benzene rings is 2. The van der Waals surface area contributed by atoms with Gasteiger partial charge in [0.2, 0.25) is 15.9 Å². The molecule has 0 aliphatic carbocycles. The van der Waals surface area contributed by atoms with Crippen molar-refractivity contribution in [2.75, 3.05) is 5.06 Å². The van der Waals surface area contributed by atoms with E-state index in [0.717, 1.165) is 23.3 Å². The summed E-state index contributed by atoms with van der Waals surface area (Å²) in [7, 11) is -4.64. The molecule has 0 bridgehead atoms. The summed E-state index contributed by atoms with van der Waals surface area (Å²) >= 11 is 0. The molecule has 2 heterocycles. The number of nitrogens with zero attached hydrogens (tertiary/aromatic N) is 2. The van der Waals surface area contributed by atoms with Crippen LogP contribution in [0.1, 0.15) is 11.6 Å². The van der Waals surface area contributed by atoms with E-state index in [1.807, 2.05) is 0 Å². The van der Waals surface area contributed by atoms with Crippen molar-refractivity contribution in [1.82, 2.24) is 4.98 Å². The van der Waals surface area contributed by atoms with E-state index in [4.69, 9.17) is 4.84 Å². The molecule has 31 heavy (non-hydrogen) atoms. The first kappa shape index (κ1) is 21.3. The molecule has 0 amide bonds. The maximum atomic E-state index is 14.0. The van der Waals surface area contributed by atoms with E-state index in [1.165, 1.54) is 42.6 Å². The Hall–Kier alpha value is -2.98. The average Bonchev–Trinajstić information content (AvgIpc) is 3.17. The van der Waals surface area contributed by atoms with Crippen molar-refractivity contribution >= 4 is 15.5 Å². The Balaban J connectivity index is 1.95. The molecule has 1 saturated heterocycles. The zero-order valence-corrected chi connectivity index (χ0v) is 16.6. The van der Waals surface area contributed by atoms with Gasteiger partial charge in [0.1, 0.15) is 17.1 Å². The van der Waals surface area contributed by atoms with Gasteiger partial charge < -0.3 is 0 Å². The summed E-state index contributed by atoms with van der Waals surface area (Å²) in [5.41, 5.74) is 0.227. The Bertz CT molecular complexity index is 1160. The highest BCUT2D eigenvalue weighted by molar-refractivity contribution is 7.92. The van der Waals surface area contributed by atoms with E-state index in [9.17, 15) is 26.0 Å². The van der Waals surface area contributed by atoms with Crippen molar-refractivity contribution in [3.63, 3.8) is 0 Å². The predicted molar refractivity (Wildman–Crippen MR) is 104 cm³/mol. The molecular formula is C21H16F4N2O3S. The molecule has 0 radical (unpaired) electrons. The van der Waals surface area contributed by atoms with Crippen molar-refractivity contribution in [2.24, 2.45) is 0 Å². The van der Waals surface area contributed by atoms with Crippen molar-refractivity contribution in [3.8, 4) is 0 Å². The molecule has 0 N–H and O–H groups in total. The van der Waals surface area contributed by atoms with Gasteiger partial charge in [0.25, 0.3) is 0 Å². The molecule has 162 valence electrons. The molecule has 4 rings (SSSR count). The predicted octanol–water partition coefficient (Wildman–Crippen LogP) is 4.49. The topological polar surface area (TPSA) is 59.5 Å². The van der Waals surface area contributed by atoms with Gasteiger partial charge in [-0.25, -0.2) is 22.9 Å². The number of anilines is 1. The largest absolute Gasteiger partial charge is 0.418 e. The first-order valence-electron chi connectivity index (χ1n) is 9.18. The van der Waals surface area contributed by atoms with E-state index < -0.39 is 44.3 Å². The van der Waals surface area contributed by atoms with Crippen LogP contribution in [0.15, 0.2) is 84.0 Å². The fourth-order valence-electron chi connectivity index (χ4n) is 3.59. The third kappa shape index (κ3) is 4.00. The molecule has 0 spiro atoms. The first-order chi connectivity index (χ1) is 14.7. The van der Waals surface area contributed by atoms with Gasteiger partial charge in [0, 0.05) is 6.20 Å². The minimum Gasteiger partial charge on any atom is -0.258 e. The van der Waals surface area contributed by atoms with Crippen molar-refractivity contribution in [1.29, 1.82) is 0 Å².